The van der Waals surface area contributed by atoms with Gasteiger partial charge in [-0.15, -0.1) is 0 Å². The second-order valence-corrected chi connectivity index (χ2v) is 5.71. The van der Waals surface area contributed by atoms with E-state index in [0.717, 1.165) is 12.1 Å². The molecule has 0 aromatic heterocycles. The van der Waals surface area contributed by atoms with Gasteiger partial charge in [0.1, 0.15) is 11.6 Å². The highest BCUT2D eigenvalue weighted by Crippen LogP contribution is 2.32. The summed E-state index contributed by atoms with van der Waals surface area (Å²) in [7, 11) is 0. The highest BCUT2D eigenvalue weighted by Gasteiger charge is 2.18. The monoisotopic (exact) mass is 362 g/mol. The molecule has 0 saturated heterocycles. The van der Waals surface area contributed by atoms with Crippen molar-refractivity contribution >= 4 is 11.8 Å². The first-order chi connectivity index (χ1) is 12.4. The molecule has 0 aliphatic carbocycles. The van der Waals surface area contributed by atoms with Crippen molar-refractivity contribution in [3.8, 4) is 11.5 Å². The van der Waals surface area contributed by atoms with Crippen LogP contribution in [0.4, 0.5) is 8.78 Å². The second-order valence-electron chi connectivity index (χ2n) is 5.71. The fourth-order valence-corrected chi connectivity index (χ4v) is 2.52. The number of benzene rings is 2. The molecule has 2 N–H and O–H groups in total. The number of ether oxygens (including phenoxy) is 2. The first-order valence-corrected chi connectivity index (χ1v) is 7.86. The van der Waals surface area contributed by atoms with Crippen molar-refractivity contribution in [1.82, 2.24) is 10.6 Å². The Kier molecular flexibility index (Phi) is 5.01. The lowest BCUT2D eigenvalue weighted by Crippen LogP contribution is -2.38. The molecule has 1 heterocycles. The van der Waals surface area contributed by atoms with Gasteiger partial charge in [-0.25, -0.2) is 8.78 Å². The number of rotatable bonds is 5. The molecule has 136 valence electrons. The first-order valence-electron chi connectivity index (χ1n) is 7.86. The minimum Gasteiger partial charge on any atom is -0.454 e. The normalized spacial score (nSPS) is 13.2. The molecule has 2 amide bonds. The van der Waals surface area contributed by atoms with E-state index in [1.807, 2.05) is 0 Å². The smallest absolute Gasteiger partial charge is 0.251 e. The van der Waals surface area contributed by atoms with E-state index < -0.39 is 29.5 Å². The minimum absolute atomic E-state index is 0.0979. The van der Waals surface area contributed by atoms with Crippen LogP contribution < -0.4 is 20.1 Å². The van der Waals surface area contributed by atoms with E-state index in [1.54, 1.807) is 19.1 Å². The average Bonchev–Trinajstić information content (AvgIpc) is 3.07. The molecule has 1 aliphatic heterocycles. The van der Waals surface area contributed by atoms with Gasteiger partial charge in [-0.2, -0.15) is 0 Å². The number of carbonyl (C=O) groups excluding carboxylic acids is 2. The summed E-state index contributed by atoms with van der Waals surface area (Å²) >= 11 is 0. The zero-order valence-corrected chi connectivity index (χ0v) is 13.8. The minimum atomic E-state index is -0.748. The molecule has 1 aliphatic rings. The molecule has 2 aromatic carbocycles. The SMILES string of the molecule is CC(NC(=O)CNC(=O)c1ccc2c(c1)OCO2)c1ccc(F)cc1F. The first kappa shape index (κ1) is 17.7. The fourth-order valence-electron chi connectivity index (χ4n) is 2.52. The number of amides is 2. The van der Waals surface area contributed by atoms with Crippen LogP contribution in [0, 0.1) is 11.6 Å². The van der Waals surface area contributed by atoms with Crippen LogP contribution in [0.5, 0.6) is 11.5 Å². The van der Waals surface area contributed by atoms with Crippen LogP contribution in [0.25, 0.3) is 0 Å². The molecular formula is C18H16F2N2O4. The summed E-state index contributed by atoms with van der Waals surface area (Å²) in [5.41, 5.74) is 0.474. The maximum atomic E-state index is 13.7. The molecule has 0 fully saturated rings. The van der Waals surface area contributed by atoms with Gasteiger partial charge in [0.25, 0.3) is 5.91 Å². The van der Waals surface area contributed by atoms with E-state index in [4.69, 9.17) is 9.47 Å². The molecule has 0 saturated carbocycles. The zero-order chi connectivity index (χ0) is 18.7. The number of carbonyl (C=O) groups is 2. The molecule has 26 heavy (non-hydrogen) atoms. The van der Waals surface area contributed by atoms with Crippen molar-refractivity contribution in [3.05, 3.63) is 59.2 Å². The zero-order valence-electron chi connectivity index (χ0n) is 13.8. The topological polar surface area (TPSA) is 76.7 Å². The lowest BCUT2D eigenvalue weighted by Gasteiger charge is -2.15. The standard InChI is InChI=1S/C18H16F2N2O4/c1-10(13-4-3-12(19)7-14(13)20)22-17(23)8-21-18(24)11-2-5-15-16(6-11)26-9-25-15/h2-7,10H,8-9H2,1H3,(H,21,24)(H,22,23). The van der Waals surface area contributed by atoms with Crippen LogP contribution in [0.15, 0.2) is 36.4 Å². The maximum absolute atomic E-state index is 13.7. The Bertz CT molecular complexity index is 857. The number of hydrogen-bond donors (Lipinski definition) is 2. The molecule has 1 unspecified atom stereocenters. The van der Waals surface area contributed by atoms with E-state index in [2.05, 4.69) is 10.6 Å². The summed E-state index contributed by atoms with van der Waals surface area (Å²) in [6, 6.07) is 7.13. The Morgan fingerprint density at radius 3 is 2.65 bits per heavy atom. The van der Waals surface area contributed by atoms with Crippen molar-refractivity contribution < 1.29 is 27.8 Å². The Balaban J connectivity index is 1.54. The molecule has 8 heteroatoms. The molecule has 0 bridgehead atoms. The number of halogens is 2. The van der Waals surface area contributed by atoms with Crippen LogP contribution in [-0.2, 0) is 4.79 Å². The predicted molar refractivity (Wildman–Crippen MR) is 87.8 cm³/mol. The highest BCUT2D eigenvalue weighted by molar-refractivity contribution is 5.97. The Hall–Kier alpha value is -3.16. The van der Waals surface area contributed by atoms with Gasteiger partial charge in [0.05, 0.1) is 12.6 Å². The van der Waals surface area contributed by atoms with Crippen molar-refractivity contribution in [1.29, 1.82) is 0 Å². The third kappa shape index (κ3) is 3.90. The Labute approximate surface area is 148 Å². The summed E-state index contributed by atoms with van der Waals surface area (Å²) < 4.78 is 37.0. The number of hydrogen-bond acceptors (Lipinski definition) is 4. The van der Waals surface area contributed by atoms with Crippen molar-refractivity contribution in [3.63, 3.8) is 0 Å². The summed E-state index contributed by atoms with van der Waals surface area (Å²) in [5.74, 6) is -1.39. The van der Waals surface area contributed by atoms with Gasteiger partial charge in [0.2, 0.25) is 12.7 Å². The average molecular weight is 362 g/mol. The van der Waals surface area contributed by atoms with Gasteiger partial charge in [-0.1, -0.05) is 6.07 Å². The van der Waals surface area contributed by atoms with Crippen molar-refractivity contribution in [2.75, 3.05) is 13.3 Å². The molecule has 2 aromatic rings. The fraction of sp³-hybridized carbons (Fsp3) is 0.222. The lowest BCUT2D eigenvalue weighted by molar-refractivity contribution is -0.120. The quantitative estimate of drug-likeness (QED) is 0.856. The summed E-state index contributed by atoms with van der Waals surface area (Å²) in [6.07, 6.45) is 0. The number of nitrogens with one attached hydrogen (secondary N) is 2. The van der Waals surface area contributed by atoms with Crippen molar-refractivity contribution in [2.45, 2.75) is 13.0 Å². The molecular weight excluding hydrogens is 346 g/mol. The lowest BCUT2D eigenvalue weighted by atomic mass is 10.1. The van der Waals surface area contributed by atoms with Crippen molar-refractivity contribution in [2.24, 2.45) is 0 Å². The molecule has 0 spiro atoms. The van der Waals surface area contributed by atoms with E-state index in [-0.39, 0.29) is 18.9 Å². The highest BCUT2D eigenvalue weighted by atomic mass is 19.1. The summed E-state index contributed by atoms with van der Waals surface area (Å²) in [5, 5.41) is 5.01. The van der Waals surface area contributed by atoms with Crippen LogP contribution >= 0.6 is 0 Å². The Morgan fingerprint density at radius 1 is 1.12 bits per heavy atom. The van der Waals surface area contributed by atoms with Crippen LogP contribution in [0.1, 0.15) is 28.9 Å². The summed E-state index contributed by atoms with van der Waals surface area (Å²) in [6.45, 7) is 1.37. The van der Waals surface area contributed by atoms with Gasteiger partial charge in [0, 0.05) is 17.2 Å². The molecule has 6 nitrogen and oxygen atoms in total. The number of fused-ring (bicyclic) bond motifs is 1. The van der Waals surface area contributed by atoms with Crippen LogP contribution in [0.2, 0.25) is 0 Å². The van der Waals surface area contributed by atoms with Gasteiger partial charge in [-0.05, 0) is 31.2 Å². The summed E-state index contributed by atoms with van der Waals surface area (Å²) in [4.78, 5) is 24.1. The van der Waals surface area contributed by atoms with Crippen LogP contribution in [-0.4, -0.2) is 25.2 Å². The third-order valence-electron chi connectivity index (χ3n) is 3.85. The van der Waals surface area contributed by atoms with Gasteiger partial charge < -0.3 is 20.1 Å². The van der Waals surface area contributed by atoms with E-state index in [0.29, 0.717) is 17.1 Å². The maximum Gasteiger partial charge on any atom is 0.251 e. The second kappa shape index (κ2) is 7.38. The van der Waals surface area contributed by atoms with E-state index in [9.17, 15) is 18.4 Å². The molecule has 3 rings (SSSR count). The molecule has 1 atom stereocenters. The van der Waals surface area contributed by atoms with Crippen LogP contribution in [0.3, 0.4) is 0 Å². The predicted octanol–water partition coefficient (Wildman–Crippen LogP) is 2.30. The van der Waals surface area contributed by atoms with Gasteiger partial charge >= 0.3 is 0 Å². The van der Waals surface area contributed by atoms with Gasteiger partial charge in [-0.3, -0.25) is 9.59 Å². The van der Waals surface area contributed by atoms with E-state index in [1.165, 1.54) is 12.1 Å². The van der Waals surface area contributed by atoms with Gasteiger partial charge in [0.15, 0.2) is 11.5 Å². The third-order valence-corrected chi connectivity index (χ3v) is 3.85. The van der Waals surface area contributed by atoms with E-state index >= 15 is 0 Å². The largest absolute Gasteiger partial charge is 0.454 e. The molecule has 0 radical (unpaired) electrons. The Morgan fingerprint density at radius 2 is 1.88 bits per heavy atom.